The Morgan fingerprint density at radius 1 is 0.973 bits per heavy atom. The fourth-order valence-corrected chi connectivity index (χ4v) is 4.23. The lowest BCUT2D eigenvalue weighted by atomic mass is 9.95. The van der Waals surface area contributed by atoms with Gasteiger partial charge in [-0.3, -0.25) is 14.4 Å². The van der Waals surface area contributed by atoms with Crippen LogP contribution in [-0.2, 0) is 14.4 Å². The third-order valence-corrected chi connectivity index (χ3v) is 6.27. The van der Waals surface area contributed by atoms with Gasteiger partial charge in [0.05, 0.1) is 18.2 Å². The van der Waals surface area contributed by atoms with Crippen LogP contribution in [0.5, 0.6) is 11.5 Å². The molecule has 1 unspecified atom stereocenters. The third kappa shape index (κ3) is 6.68. The minimum Gasteiger partial charge on any atom is -0.507 e. The Balaban J connectivity index is 2.00. The van der Waals surface area contributed by atoms with E-state index in [0.717, 1.165) is 19.5 Å². The van der Waals surface area contributed by atoms with E-state index < -0.39 is 23.6 Å². The number of amides is 2. The van der Waals surface area contributed by atoms with Gasteiger partial charge in [0.25, 0.3) is 17.6 Å². The molecule has 1 aliphatic rings. The summed E-state index contributed by atoms with van der Waals surface area (Å²) in [6.45, 7) is 8.91. The van der Waals surface area contributed by atoms with Crippen molar-refractivity contribution >= 4 is 23.4 Å². The number of aliphatic hydroxyl groups excluding tert-OH is 1. The second-order valence-corrected chi connectivity index (χ2v) is 8.72. The van der Waals surface area contributed by atoms with Gasteiger partial charge in [-0.15, -0.1) is 0 Å². The number of nitrogens with two attached hydrogens (primary N) is 1. The first kappa shape index (κ1) is 27.7. The van der Waals surface area contributed by atoms with Crippen molar-refractivity contribution in [2.75, 3.05) is 39.4 Å². The molecule has 1 heterocycles. The summed E-state index contributed by atoms with van der Waals surface area (Å²) in [6, 6.07) is 12.7. The summed E-state index contributed by atoms with van der Waals surface area (Å²) >= 11 is 0. The van der Waals surface area contributed by atoms with E-state index in [1.165, 1.54) is 4.90 Å². The van der Waals surface area contributed by atoms with Gasteiger partial charge in [-0.2, -0.15) is 0 Å². The van der Waals surface area contributed by atoms with Gasteiger partial charge in [0, 0.05) is 18.7 Å². The van der Waals surface area contributed by atoms with E-state index in [0.29, 0.717) is 42.3 Å². The molecular weight excluding hydrogens is 474 g/mol. The zero-order valence-corrected chi connectivity index (χ0v) is 21.6. The van der Waals surface area contributed by atoms with E-state index in [2.05, 4.69) is 4.90 Å². The molecule has 0 aromatic heterocycles. The summed E-state index contributed by atoms with van der Waals surface area (Å²) in [5, 5.41) is 11.2. The Kier molecular flexibility index (Phi) is 9.68. The number of carbonyl (C=O) groups is 3. The van der Waals surface area contributed by atoms with Crippen molar-refractivity contribution in [3.63, 3.8) is 0 Å². The van der Waals surface area contributed by atoms with E-state index in [1.807, 2.05) is 20.8 Å². The number of Topliss-reactive ketones (excluding diaryl/α,β-unsaturated/α-hetero) is 1. The van der Waals surface area contributed by atoms with Crippen molar-refractivity contribution in [2.24, 2.45) is 5.73 Å². The number of carbonyl (C=O) groups excluding carboxylic acids is 3. The number of hydrogen-bond donors (Lipinski definition) is 2. The lowest BCUT2D eigenvalue weighted by Gasteiger charge is -2.28. The zero-order valence-electron chi connectivity index (χ0n) is 21.6. The Morgan fingerprint density at radius 3 is 2.14 bits per heavy atom. The fourth-order valence-electron chi connectivity index (χ4n) is 4.23. The van der Waals surface area contributed by atoms with Gasteiger partial charge in [0.1, 0.15) is 17.3 Å². The minimum absolute atomic E-state index is 0.0255. The molecule has 1 fully saturated rings. The molecule has 0 spiro atoms. The topological polar surface area (TPSA) is 122 Å². The minimum atomic E-state index is -0.781. The molecule has 0 radical (unpaired) electrons. The fraction of sp³-hybridized carbons (Fsp3) is 0.393. The summed E-state index contributed by atoms with van der Waals surface area (Å²) in [6.07, 6.45) is 0.866. The van der Waals surface area contributed by atoms with Gasteiger partial charge < -0.3 is 30.1 Å². The van der Waals surface area contributed by atoms with Gasteiger partial charge in [-0.05, 0) is 61.5 Å². The van der Waals surface area contributed by atoms with Crippen LogP contribution in [0.15, 0.2) is 54.1 Å². The molecule has 2 aromatic carbocycles. The summed E-state index contributed by atoms with van der Waals surface area (Å²) in [5.41, 5.74) is 6.22. The van der Waals surface area contributed by atoms with E-state index in [9.17, 15) is 19.5 Å². The SMILES string of the molecule is CCCOc1ccc(C(O)=C2C(=O)C(=O)N(CCN(CC)CC)C2c2ccc(OCC(N)=O)cc2)cc1. The number of ketones is 1. The van der Waals surface area contributed by atoms with Crippen LogP contribution in [0.25, 0.3) is 5.76 Å². The molecule has 2 amide bonds. The molecule has 1 aliphatic heterocycles. The summed E-state index contributed by atoms with van der Waals surface area (Å²) in [5.74, 6) is -1.16. The highest BCUT2D eigenvalue weighted by Gasteiger charge is 2.46. The highest BCUT2D eigenvalue weighted by atomic mass is 16.5. The Morgan fingerprint density at radius 2 is 1.57 bits per heavy atom. The second-order valence-electron chi connectivity index (χ2n) is 8.72. The average Bonchev–Trinajstić information content (AvgIpc) is 3.16. The van der Waals surface area contributed by atoms with E-state index in [-0.39, 0.29) is 17.9 Å². The number of likely N-dealkylation sites (tertiary alicyclic amines) is 1. The highest BCUT2D eigenvalue weighted by molar-refractivity contribution is 6.46. The van der Waals surface area contributed by atoms with Gasteiger partial charge in [0.15, 0.2) is 6.61 Å². The van der Waals surface area contributed by atoms with Crippen LogP contribution in [0.1, 0.15) is 44.4 Å². The molecule has 0 aliphatic carbocycles. The van der Waals surface area contributed by atoms with Gasteiger partial charge in [-0.25, -0.2) is 0 Å². The van der Waals surface area contributed by atoms with Crippen molar-refractivity contribution < 1.29 is 29.0 Å². The second kappa shape index (κ2) is 12.9. The zero-order chi connectivity index (χ0) is 26.9. The Hall–Kier alpha value is -3.85. The maximum absolute atomic E-state index is 13.2. The first-order chi connectivity index (χ1) is 17.8. The molecule has 1 saturated heterocycles. The number of likely N-dealkylation sites (N-methyl/N-ethyl adjacent to an activating group) is 1. The molecular formula is C28H35N3O6. The first-order valence-electron chi connectivity index (χ1n) is 12.6. The summed E-state index contributed by atoms with van der Waals surface area (Å²) in [7, 11) is 0. The van der Waals surface area contributed by atoms with Crippen LogP contribution < -0.4 is 15.2 Å². The standard InChI is InChI=1S/C28H35N3O6/c1-4-17-36-21-13-9-20(10-14-21)26(33)24-25(19-7-11-22(12-8-19)37-18-23(29)32)31(28(35)27(24)34)16-15-30(5-2)6-3/h7-14,25,33H,4-6,15-18H2,1-3H3,(H2,29,32). The Labute approximate surface area is 217 Å². The number of aliphatic hydroxyl groups is 1. The normalized spacial score (nSPS) is 16.9. The highest BCUT2D eigenvalue weighted by Crippen LogP contribution is 2.39. The van der Waals surface area contributed by atoms with E-state index >= 15 is 0 Å². The van der Waals surface area contributed by atoms with Crippen LogP contribution in [-0.4, -0.2) is 71.9 Å². The number of rotatable bonds is 13. The van der Waals surface area contributed by atoms with Crippen LogP contribution >= 0.6 is 0 Å². The molecule has 2 aromatic rings. The summed E-state index contributed by atoms with van der Waals surface area (Å²) in [4.78, 5) is 41.1. The lowest BCUT2D eigenvalue weighted by molar-refractivity contribution is -0.140. The van der Waals surface area contributed by atoms with Crippen LogP contribution in [0.3, 0.4) is 0 Å². The van der Waals surface area contributed by atoms with Crippen molar-refractivity contribution in [1.82, 2.24) is 9.80 Å². The molecule has 3 N–H and O–H groups in total. The number of hydrogen-bond acceptors (Lipinski definition) is 7. The van der Waals surface area contributed by atoms with E-state index in [4.69, 9.17) is 15.2 Å². The lowest BCUT2D eigenvalue weighted by Crippen LogP contribution is -2.38. The third-order valence-electron chi connectivity index (χ3n) is 6.27. The number of ether oxygens (including phenoxy) is 2. The van der Waals surface area contributed by atoms with Gasteiger partial charge >= 0.3 is 0 Å². The maximum atomic E-state index is 13.2. The number of nitrogens with zero attached hydrogens (tertiary/aromatic N) is 2. The molecule has 1 atom stereocenters. The number of benzene rings is 2. The van der Waals surface area contributed by atoms with Crippen LogP contribution in [0.2, 0.25) is 0 Å². The average molecular weight is 510 g/mol. The molecule has 9 nitrogen and oxygen atoms in total. The number of primary amides is 1. The molecule has 3 rings (SSSR count). The monoisotopic (exact) mass is 509 g/mol. The van der Waals surface area contributed by atoms with Gasteiger partial charge in [-0.1, -0.05) is 32.9 Å². The summed E-state index contributed by atoms with van der Waals surface area (Å²) < 4.78 is 11.0. The largest absolute Gasteiger partial charge is 0.507 e. The molecule has 0 bridgehead atoms. The smallest absolute Gasteiger partial charge is 0.295 e. The molecule has 198 valence electrons. The Bertz CT molecular complexity index is 1120. The maximum Gasteiger partial charge on any atom is 0.295 e. The quantitative estimate of drug-likeness (QED) is 0.242. The van der Waals surface area contributed by atoms with Crippen molar-refractivity contribution in [2.45, 2.75) is 33.2 Å². The van der Waals surface area contributed by atoms with Crippen LogP contribution in [0, 0.1) is 0 Å². The van der Waals surface area contributed by atoms with Crippen molar-refractivity contribution in [1.29, 1.82) is 0 Å². The van der Waals surface area contributed by atoms with Crippen molar-refractivity contribution in [3.8, 4) is 11.5 Å². The van der Waals surface area contributed by atoms with E-state index in [1.54, 1.807) is 48.5 Å². The first-order valence-corrected chi connectivity index (χ1v) is 12.6. The predicted molar refractivity (Wildman–Crippen MR) is 140 cm³/mol. The van der Waals surface area contributed by atoms with Crippen molar-refractivity contribution in [3.05, 3.63) is 65.2 Å². The molecule has 0 saturated carbocycles. The molecule has 9 heteroatoms. The predicted octanol–water partition coefficient (Wildman–Crippen LogP) is 3.10. The van der Waals surface area contributed by atoms with Crippen LogP contribution in [0.4, 0.5) is 0 Å². The molecule has 37 heavy (non-hydrogen) atoms. The van der Waals surface area contributed by atoms with Gasteiger partial charge in [0.2, 0.25) is 0 Å².